The number of aliphatic hydroxyl groups excluding tert-OH is 1. The molecule has 2 atom stereocenters. The van der Waals surface area contributed by atoms with E-state index >= 15 is 0 Å². The maximum Gasteiger partial charge on any atom is 0.157 e. The highest BCUT2D eigenvalue weighted by Crippen LogP contribution is 2.35. The predicted molar refractivity (Wildman–Crippen MR) is 64.2 cm³/mol. The summed E-state index contributed by atoms with van der Waals surface area (Å²) in [5, 5.41) is 9.52. The molecule has 94 valence electrons. The monoisotopic (exact) mass is 228 g/mol. The van der Waals surface area contributed by atoms with Gasteiger partial charge in [-0.15, -0.1) is 0 Å². The average Bonchev–Trinajstić information content (AvgIpc) is 2.29. The van der Waals surface area contributed by atoms with Crippen molar-refractivity contribution in [1.29, 1.82) is 0 Å². The van der Waals surface area contributed by atoms with E-state index in [4.69, 9.17) is 9.47 Å². The zero-order chi connectivity index (χ0) is 12.0. The van der Waals surface area contributed by atoms with Crippen molar-refractivity contribution in [3.05, 3.63) is 11.6 Å². The molecule has 1 N–H and O–H groups in total. The third-order valence-electron chi connectivity index (χ3n) is 3.31. The van der Waals surface area contributed by atoms with Crippen LogP contribution in [0.15, 0.2) is 11.6 Å². The Labute approximate surface area is 98.4 Å². The molecule has 0 saturated carbocycles. The minimum absolute atomic E-state index is 0.0546. The number of rotatable bonds is 5. The molecule has 3 heteroatoms. The van der Waals surface area contributed by atoms with Crippen molar-refractivity contribution in [1.82, 2.24) is 0 Å². The van der Waals surface area contributed by atoms with E-state index in [9.17, 15) is 5.11 Å². The number of aliphatic hydroxyl groups is 1. The largest absolute Gasteiger partial charge is 0.396 e. The van der Waals surface area contributed by atoms with Gasteiger partial charge in [-0.05, 0) is 39.5 Å². The maximum absolute atomic E-state index is 9.52. The lowest BCUT2D eigenvalue weighted by Gasteiger charge is -2.38. The summed E-state index contributed by atoms with van der Waals surface area (Å²) < 4.78 is 10.7. The molecule has 0 bridgehead atoms. The average molecular weight is 228 g/mol. The van der Waals surface area contributed by atoms with Crippen LogP contribution in [0.25, 0.3) is 0 Å². The number of hydrogen-bond acceptors (Lipinski definition) is 3. The summed E-state index contributed by atoms with van der Waals surface area (Å²) in [6.07, 6.45) is 6.02. The summed E-state index contributed by atoms with van der Waals surface area (Å²) in [4.78, 5) is 0. The van der Waals surface area contributed by atoms with Gasteiger partial charge in [-0.3, -0.25) is 0 Å². The summed E-state index contributed by atoms with van der Waals surface area (Å²) in [5.41, 5.74) is 1.28. The summed E-state index contributed by atoms with van der Waals surface area (Å²) in [5.74, 6) is 0. The van der Waals surface area contributed by atoms with E-state index in [1.165, 1.54) is 5.57 Å². The standard InChI is InChI=1S/C13H24O3/c1-11(2)5-4-7-13(9-14)8-6-12(15-3)16-10-13/h5,12,14H,4,6-10H2,1-3H3/t12-,13-/m0/s1. The van der Waals surface area contributed by atoms with Crippen LogP contribution in [0.1, 0.15) is 39.5 Å². The Hall–Kier alpha value is -0.380. The van der Waals surface area contributed by atoms with E-state index in [0.717, 1.165) is 25.7 Å². The van der Waals surface area contributed by atoms with Crippen molar-refractivity contribution in [2.75, 3.05) is 20.3 Å². The van der Waals surface area contributed by atoms with Gasteiger partial charge in [0.2, 0.25) is 0 Å². The number of allylic oxidation sites excluding steroid dienone is 2. The van der Waals surface area contributed by atoms with E-state index < -0.39 is 0 Å². The van der Waals surface area contributed by atoms with Crippen LogP contribution in [0.5, 0.6) is 0 Å². The van der Waals surface area contributed by atoms with Gasteiger partial charge in [0.25, 0.3) is 0 Å². The van der Waals surface area contributed by atoms with Crippen molar-refractivity contribution in [3.63, 3.8) is 0 Å². The fourth-order valence-corrected chi connectivity index (χ4v) is 2.10. The Morgan fingerprint density at radius 2 is 2.31 bits per heavy atom. The van der Waals surface area contributed by atoms with Crippen LogP contribution in [0.3, 0.4) is 0 Å². The third kappa shape index (κ3) is 3.89. The predicted octanol–water partition coefficient (Wildman–Crippen LogP) is 2.49. The number of ether oxygens (including phenoxy) is 2. The van der Waals surface area contributed by atoms with Crippen LogP contribution in [-0.4, -0.2) is 31.7 Å². The van der Waals surface area contributed by atoms with Gasteiger partial charge in [-0.25, -0.2) is 0 Å². The van der Waals surface area contributed by atoms with Gasteiger partial charge < -0.3 is 14.6 Å². The molecule has 1 heterocycles. The van der Waals surface area contributed by atoms with Crippen molar-refractivity contribution < 1.29 is 14.6 Å². The number of methoxy groups -OCH3 is 1. The Kier molecular flexibility index (Phi) is 5.46. The molecular formula is C13H24O3. The summed E-state index contributed by atoms with van der Waals surface area (Å²) in [7, 11) is 1.67. The molecule has 1 fully saturated rings. The van der Waals surface area contributed by atoms with Gasteiger partial charge >= 0.3 is 0 Å². The van der Waals surface area contributed by atoms with Crippen molar-refractivity contribution >= 4 is 0 Å². The van der Waals surface area contributed by atoms with Crippen LogP contribution in [0.2, 0.25) is 0 Å². The first-order valence-electron chi connectivity index (χ1n) is 6.00. The Bertz CT molecular complexity index is 223. The first-order valence-corrected chi connectivity index (χ1v) is 6.00. The summed E-state index contributed by atoms with van der Waals surface area (Å²) >= 11 is 0. The van der Waals surface area contributed by atoms with Gasteiger partial charge in [0.15, 0.2) is 6.29 Å². The quantitative estimate of drug-likeness (QED) is 0.735. The second-order valence-electron chi connectivity index (χ2n) is 4.99. The molecule has 1 aliphatic heterocycles. The van der Waals surface area contributed by atoms with Gasteiger partial charge in [0.05, 0.1) is 13.2 Å². The molecule has 0 amide bonds. The minimum atomic E-state index is -0.0804. The van der Waals surface area contributed by atoms with Crippen molar-refractivity contribution in [2.24, 2.45) is 5.41 Å². The Morgan fingerprint density at radius 3 is 2.75 bits per heavy atom. The normalized spacial score (nSPS) is 30.1. The smallest absolute Gasteiger partial charge is 0.157 e. The van der Waals surface area contributed by atoms with Crippen LogP contribution < -0.4 is 0 Å². The Balaban J connectivity index is 2.43. The molecule has 0 spiro atoms. The molecule has 1 saturated heterocycles. The topological polar surface area (TPSA) is 38.7 Å². The van der Waals surface area contributed by atoms with Crippen LogP contribution in [0, 0.1) is 5.41 Å². The first kappa shape index (κ1) is 13.7. The molecule has 1 rings (SSSR count). The number of hydrogen-bond donors (Lipinski definition) is 1. The van der Waals surface area contributed by atoms with E-state index in [-0.39, 0.29) is 18.3 Å². The molecule has 1 aliphatic rings. The van der Waals surface area contributed by atoms with Gasteiger partial charge in [-0.1, -0.05) is 11.6 Å². The lowest BCUT2D eigenvalue weighted by molar-refractivity contribution is -0.189. The van der Waals surface area contributed by atoms with E-state index in [1.807, 2.05) is 0 Å². The maximum atomic E-state index is 9.52. The highest BCUT2D eigenvalue weighted by molar-refractivity contribution is 4.95. The van der Waals surface area contributed by atoms with Crippen LogP contribution in [-0.2, 0) is 9.47 Å². The minimum Gasteiger partial charge on any atom is -0.396 e. The van der Waals surface area contributed by atoms with Crippen molar-refractivity contribution in [3.8, 4) is 0 Å². The summed E-state index contributed by atoms with van der Waals surface area (Å²) in [6.45, 7) is 5.02. The fourth-order valence-electron chi connectivity index (χ4n) is 2.10. The highest BCUT2D eigenvalue weighted by atomic mass is 16.7. The molecule has 0 unspecified atom stereocenters. The molecule has 0 aromatic heterocycles. The molecule has 16 heavy (non-hydrogen) atoms. The zero-order valence-corrected chi connectivity index (χ0v) is 10.7. The molecule has 0 radical (unpaired) electrons. The molecule has 0 aromatic rings. The van der Waals surface area contributed by atoms with Crippen LogP contribution >= 0.6 is 0 Å². The zero-order valence-electron chi connectivity index (χ0n) is 10.7. The van der Waals surface area contributed by atoms with Crippen LogP contribution in [0.4, 0.5) is 0 Å². The SMILES string of the molecule is CO[C@@H]1CC[C@](CO)(CCC=C(C)C)CO1. The lowest BCUT2D eigenvalue weighted by Crippen LogP contribution is -2.39. The molecule has 3 nitrogen and oxygen atoms in total. The second-order valence-corrected chi connectivity index (χ2v) is 4.99. The van der Waals surface area contributed by atoms with Gasteiger partial charge in [-0.2, -0.15) is 0 Å². The Morgan fingerprint density at radius 1 is 1.56 bits per heavy atom. The van der Waals surface area contributed by atoms with Gasteiger partial charge in [0.1, 0.15) is 0 Å². The summed E-state index contributed by atoms with van der Waals surface area (Å²) in [6, 6.07) is 0. The third-order valence-corrected chi connectivity index (χ3v) is 3.31. The molecule has 0 aromatic carbocycles. The van der Waals surface area contributed by atoms with E-state index in [1.54, 1.807) is 7.11 Å². The first-order chi connectivity index (χ1) is 7.62. The van der Waals surface area contributed by atoms with Crippen molar-refractivity contribution in [2.45, 2.75) is 45.8 Å². The molecule has 0 aliphatic carbocycles. The highest BCUT2D eigenvalue weighted by Gasteiger charge is 2.34. The van der Waals surface area contributed by atoms with E-state index in [2.05, 4.69) is 19.9 Å². The molecular weight excluding hydrogens is 204 g/mol. The van der Waals surface area contributed by atoms with Gasteiger partial charge in [0, 0.05) is 12.5 Å². The second kappa shape index (κ2) is 6.38. The fraction of sp³-hybridized carbons (Fsp3) is 0.846. The lowest BCUT2D eigenvalue weighted by atomic mass is 9.79. The van der Waals surface area contributed by atoms with E-state index in [0.29, 0.717) is 6.61 Å².